The Kier molecular flexibility index (Phi) is 5.38. The van der Waals surface area contributed by atoms with Gasteiger partial charge in [-0.1, -0.05) is 121 Å². The van der Waals surface area contributed by atoms with Crippen molar-refractivity contribution in [1.82, 2.24) is 9.13 Å². The molecule has 0 aliphatic carbocycles. The van der Waals surface area contributed by atoms with Gasteiger partial charge in [0.2, 0.25) is 0 Å². The molecule has 3 heteroatoms. The van der Waals surface area contributed by atoms with Crippen molar-refractivity contribution in [2.75, 3.05) is 0 Å². The molecule has 49 heavy (non-hydrogen) atoms. The van der Waals surface area contributed by atoms with Gasteiger partial charge >= 0.3 is 0 Å². The molecule has 0 radical (unpaired) electrons. The average molecular weight is 625 g/mol. The first-order valence-corrected chi connectivity index (χ1v) is 16.8. The van der Waals surface area contributed by atoms with E-state index >= 15 is 0 Å². The van der Waals surface area contributed by atoms with Gasteiger partial charge < -0.3 is 13.6 Å². The summed E-state index contributed by atoms with van der Waals surface area (Å²) in [4.78, 5) is 0. The smallest absolute Gasteiger partial charge is 0.159 e. The summed E-state index contributed by atoms with van der Waals surface area (Å²) >= 11 is 0. The average Bonchev–Trinajstić information content (AvgIpc) is 3.82. The molecule has 3 aromatic heterocycles. The fourth-order valence-electron chi connectivity index (χ4n) is 8.23. The monoisotopic (exact) mass is 624 g/mol. The maximum Gasteiger partial charge on any atom is 0.159 e. The van der Waals surface area contributed by atoms with Crippen LogP contribution in [0.25, 0.3) is 98.8 Å². The minimum atomic E-state index is 0.903. The largest absolute Gasteiger partial charge is 0.454 e. The molecule has 0 atom stereocenters. The van der Waals surface area contributed by atoms with Crippen molar-refractivity contribution in [3.63, 3.8) is 0 Å². The molecule has 11 rings (SSSR count). The van der Waals surface area contributed by atoms with Crippen molar-refractivity contribution >= 4 is 76.3 Å². The number of benzene rings is 8. The van der Waals surface area contributed by atoms with Gasteiger partial charge in [-0.2, -0.15) is 0 Å². The third-order valence-corrected chi connectivity index (χ3v) is 10.3. The first kappa shape index (κ1) is 26.5. The molecule has 0 spiro atoms. The molecule has 0 saturated carbocycles. The second-order valence-electron chi connectivity index (χ2n) is 12.9. The summed E-state index contributed by atoms with van der Waals surface area (Å²) in [5.74, 6) is 0. The van der Waals surface area contributed by atoms with Gasteiger partial charge in [0, 0.05) is 38.0 Å². The maximum atomic E-state index is 6.57. The van der Waals surface area contributed by atoms with Gasteiger partial charge in [0.25, 0.3) is 0 Å². The standard InChI is InChI=1S/C46H28N2O/c1-2-13-32-29(11-1)12-9-17-33(32)30-23-25-31(26-24-30)47-38-19-6-3-15-36(38)44-40(47)27-28-41-45(44)37-16-4-7-20-39(37)48(41)42-21-10-18-35-34-14-5-8-22-43(34)49-46(35)42/h1-28H. The summed E-state index contributed by atoms with van der Waals surface area (Å²) in [6.45, 7) is 0. The normalized spacial score (nSPS) is 12.1. The fraction of sp³-hybridized carbons (Fsp3) is 0. The maximum absolute atomic E-state index is 6.57. The summed E-state index contributed by atoms with van der Waals surface area (Å²) in [6, 6.07) is 61.2. The van der Waals surface area contributed by atoms with Gasteiger partial charge in [0.15, 0.2) is 5.58 Å². The van der Waals surface area contributed by atoms with Crippen molar-refractivity contribution in [1.29, 1.82) is 0 Å². The Hall–Kier alpha value is -6.58. The predicted molar refractivity (Wildman–Crippen MR) is 205 cm³/mol. The molecule has 11 aromatic rings. The minimum Gasteiger partial charge on any atom is -0.454 e. The van der Waals surface area contributed by atoms with E-state index in [-0.39, 0.29) is 0 Å². The molecule has 0 N–H and O–H groups in total. The highest BCUT2D eigenvalue weighted by molar-refractivity contribution is 6.29. The molecule has 3 nitrogen and oxygen atoms in total. The third-order valence-electron chi connectivity index (χ3n) is 10.3. The number of hydrogen-bond acceptors (Lipinski definition) is 1. The van der Waals surface area contributed by atoms with Crippen molar-refractivity contribution in [2.24, 2.45) is 0 Å². The number of hydrogen-bond donors (Lipinski definition) is 0. The van der Waals surface area contributed by atoms with Gasteiger partial charge in [-0.05, 0) is 70.4 Å². The van der Waals surface area contributed by atoms with Gasteiger partial charge in [0.1, 0.15) is 5.58 Å². The number of fused-ring (bicyclic) bond motifs is 11. The fourth-order valence-corrected chi connectivity index (χ4v) is 8.23. The molecule has 8 aromatic carbocycles. The van der Waals surface area contributed by atoms with Gasteiger partial charge in [-0.25, -0.2) is 0 Å². The zero-order valence-corrected chi connectivity index (χ0v) is 26.5. The van der Waals surface area contributed by atoms with Crippen LogP contribution in [0, 0.1) is 0 Å². The van der Waals surface area contributed by atoms with Crippen molar-refractivity contribution in [3.05, 3.63) is 170 Å². The second-order valence-corrected chi connectivity index (χ2v) is 12.9. The quantitative estimate of drug-likeness (QED) is 0.192. The molecule has 0 saturated heterocycles. The van der Waals surface area contributed by atoms with Gasteiger partial charge in [0.05, 0.1) is 27.8 Å². The van der Waals surface area contributed by atoms with Crippen LogP contribution in [0.3, 0.4) is 0 Å². The molecule has 3 heterocycles. The number of nitrogens with zero attached hydrogens (tertiary/aromatic N) is 2. The lowest BCUT2D eigenvalue weighted by Crippen LogP contribution is -1.95. The summed E-state index contributed by atoms with van der Waals surface area (Å²) in [7, 11) is 0. The van der Waals surface area contributed by atoms with E-state index in [9.17, 15) is 0 Å². The van der Waals surface area contributed by atoms with E-state index in [1.165, 1.54) is 54.5 Å². The van der Waals surface area contributed by atoms with Crippen molar-refractivity contribution in [3.8, 4) is 22.5 Å². The highest BCUT2D eigenvalue weighted by Gasteiger charge is 2.22. The molecule has 0 amide bonds. The lowest BCUT2D eigenvalue weighted by atomic mass is 9.98. The van der Waals surface area contributed by atoms with Crippen LogP contribution < -0.4 is 0 Å². The zero-order valence-electron chi connectivity index (χ0n) is 26.5. The zero-order chi connectivity index (χ0) is 32.1. The van der Waals surface area contributed by atoms with Crippen LogP contribution in [0.15, 0.2) is 174 Å². The van der Waals surface area contributed by atoms with Gasteiger partial charge in [-0.15, -0.1) is 0 Å². The molecule has 0 bridgehead atoms. The molecule has 0 unspecified atom stereocenters. The van der Waals surface area contributed by atoms with Crippen LogP contribution in [-0.2, 0) is 0 Å². The Labute approximate surface area is 281 Å². The SMILES string of the molecule is c1ccc2c(-c3ccc(-n4c5ccccc5c5c6c7ccccc7n(-c7cccc8c7oc7ccccc78)c6ccc54)cc3)cccc2c1. The first-order valence-electron chi connectivity index (χ1n) is 16.8. The molecular weight excluding hydrogens is 597 g/mol. The van der Waals surface area contributed by atoms with Crippen LogP contribution in [-0.4, -0.2) is 9.13 Å². The molecule has 0 aliphatic heterocycles. The molecule has 228 valence electrons. The number of furan rings is 1. The van der Waals surface area contributed by atoms with Gasteiger partial charge in [-0.3, -0.25) is 0 Å². The number of aromatic nitrogens is 2. The van der Waals surface area contributed by atoms with E-state index in [1.807, 2.05) is 6.07 Å². The van der Waals surface area contributed by atoms with Crippen molar-refractivity contribution < 1.29 is 4.42 Å². The van der Waals surface area contributed by atoms with Crippen LogP contribution >= 0.6 is 0 Å². The Balaban J connectivity index is 1.18. The minimum absolute atomic E-state index is 0.903. The molecule has 0 fully saturated rings. The first-order chi connectivity index (χ1) is 24.3. The summed E-state index contributed by atoms with van der Waals surface area (Å²) in [6.07, 6.45) is 0. The molecular formula is C46H28N2O. The summed E-state index contributed by atoms with van der Waals surface area (Å²) in [5.41, 5.74) is 11.2. The highest BCUT2D eigenvalue weighted by atomic mass is 16.3. The highest BCUT2D eigenvalue weighted by Crippen LogP contribution is 2.44. The van der Waals surface area contributed by atoms with Crippen molar-refractivity contribution in [2.45, 2.75) is 0 Å². The van der Waals surface area contributed by atoms with Crippen LogP contribution in [0.5, 0.6) is 0 Å². The number of para-hydroxylation sites is 4. The number of rotatable bonds is 3. The topological polar surface area (TPSA) is 23.0 Å². The van der Waals surface area contributed by atoms with E-state index in [2.05, 4.69) is 173 Å². The summed E-state index contributed by atoms with van der Waals surface area (Å²) in [5, 5.41) is 9.77. The van der Waals surface area contributed by atoms with E-state index in [0.29, 0.717) is 0 Å². The predicted octanol–water partition coefficient (Wildman–Crippen LogP) is 12.6. The Morgan fingerprint density at radius 2 is 0.939 bits per heavy atom. The Bertz CT molecular complexity index is 3090. The second kappa shape index (κ2) is 9.96. The Morgan fingerprint density at radius 3 is 1.71 bits per heavy atom. The Morgan fingerprint density at radius 1 is 0.367 bits per heavy atom. The summed E-state index contributed by atoms with van der Waals surface area (Å²) < 4.78 is 11.4. The lowest BCUT2D eigenvalue weighted by molar-refractivity contribution is 0.666. The van der Waals surface area contributed by atoms with E-state index in [4.69, 9.17) is 4.42 Å². The van der Waals surface area contributed by atoms with E-state index < -0.39 is 0 Å². The van der Waals surface area contributed by atoms with Crippen LogP contribution in [0.1, 0.15) is 0 Å². The molecule has 0 aliphatic rings. The van der Waals surface area contributed by atoms with E-state index in [0.717, 1.165) is 44.3 Å². The lowest BCUT2D eigenvalue weighted by Gasteiger charge is -2.11. The third kappa shape index (κ3) is 3.67. The van der Waals surface area contributed by atoms with Crippen LogP contribution in [0.2, 0.25) is 0 Å². The van der Waals surface area contributed by atoms with E-state index in [1.54, 1.807) is 0 Å². The van der Waals surface area contributed by atoms with Crippen LogP contribution in [0.4, 0.5) is 0 Å².